The summed E-state index contributed by atoms with van der Waals surface area (Å²) in [4.78, 5) is 27.6. The molecule has 1 aliphatic carbocycles. The van der Waals surface area contributed by atoms with Gasteiger partial charge >= 0.3 is 0 Å². The largest absolute Gasteiger partial charge is 0.326 e. The molecule has 0 saturated carbocycles. The Morgan fingerprint density at radius 1 is 1.26 bits per heavy atom. The summed E-state index contributed by atoms with van der Waals surface area (Å²) in [6.45, 7) is 2.19. The Bertz CT molecular complexity index is 1040. The van der Waals surface area contributed by atoms with Gasteiger partial charge < -0.3 is 5.32 Å². The molecule has 1 atom stereocenters. The monoisotopic (exact) mass is 405 g/mol. The van der Waals surface area contributed by atoms with Crippen LogP contribution < -0.4 is 15.6 Å². The van der Waals surface area contributed by atoms with Gasteiger partial charge in [0.2, 0.25) is 5.91 Å². The Morgan fingerprint density at radius 2 is 2.07 bits per heavy atom. The summed E-state index contributed by atoms with van der Waals surface area (Å²) in [5.41, 5.74) is 4.70. The number of aryl methyl sites for hydroxylation is 1. The summed E-state index contributed by atoms with van der Waals surface area (Å²) in [5.74, 6) is -0.0388. The van der Waals surface area contributed by atoms with E-state index in [1.807, 2.05) is 6.07 Å². The van der Waals surface area contributed by atoms with Gasteiger partial charge in [-0.2, -0.15) is 0 Å². The highest BCUT2D eigenvalue weighted by atomic mass is 32.2. The van der Waals surface area contributed by atoms with E-state index >= 15 is 0 Å². The number of hydrogen-bond donors (Lipinski definition) is 3. The van der Waals surface area contributed by atoms with Gasteiger partial charge in [0, 0.05) is 10.6 Å². The van der Waals surface area contributed by atoms with Crippen molar-refractivity contribution in [2.24, 2.45) is 5.92 Å². The van der Waals surface area contributed by atoms with Crippen molar-refractivity contribution in [3.8, 4) is 0 Å². The van der Waals surface area contributed by atoms with Crippen LogP contribution in [0.3, 0.4) is 0 Å². The maximum absolute atomic E-state index is 12.5. The Kier molecular flexibility index (Phi) is 4.53. The topological polar surface area (TPSA) is 104 Å². The zero-order valence-electron chi connectivity index (χ0n) is 14.7. The summed E-state index contributed by atoms with van der Waals surface area (Å²) in [6.07, 6.45) is 3.16. The van der Waals surface area contributed by atoms with Crippen molar-refractivity contribution in [1.82, 2.24) is 10.3 Å². The smallest absolute Gasteiger partial charge is 0.276 e. The maximum Gasteiger partial charge on any atom is 0.276 e. The molecule has 2 aromatic rings. The molecule has 9 heteroatoms. The van der Waals surface area contributed by atoms with Gasteiger partial charge in [0.25, 0.3) is 15.9 Å². The molecule has 0 fully saturated rings. The van der Waals surface area contributed by atoms with Crippen molar-refractivity contribution in [2.75, 3.05) is 5.32 Å². The number of fused-ring (bicyclic) bond motifs is 2. The lowest BCUT2D eigenvalue weighted by Crippen LogP contribution is -2.41. The van der Waals surface area contributed by atoms with Crippen LogP contribution >= 0.6 is 11.3 Å². The fourth-order valence-corrected chi connectivity index (χ4v) is 5.42. The average molecular weight is 406 g/mol. The highest BCUT2D eigenvalue weighted by Gasteiger charge is 2.24. The fraction of sp³-hybridized carbons (Fsp3) is 0.333. The summed E-state index contributed by atoms with van der Waals surface area (Å²) in [6, 6.07) is 6.23. The standard InChI is InChI=1S/C18H19N3O4S2/c1-10-2-5-15-12(6-10)8-16(26-15)18(23)20-21-27(24,25)13-3-4-14-11(7-13)9-17(22)19-14/h3-4,7-8,10,21H,2,5-6,9H2,1H3,(H,19,22)(H,20,23)/t10-/m0/s1. The van der Waals surface area contributed by atoms with Crippen LogP contribution in [0.2, 0.25) is 0 Å². The summed E-state index contributed by atoms with van der Waals surface area (Å²) in [7, 11) is -3.93. The number of rotatable bonds is 4. The quantitative estimate of drug-likeness (QED) is 0.677. The van der Waals surface area contributed by atoms with Crippen molar-refractivity contribution in [3.05, 3.63) is 45.1 Å². The van der Waals surface area contributed by atoms with Crippen LogP contribution in [0.1, 0.15) is 39.0 Å². The van der Waals surface area contributed by atoms with Crippen LogP contribution in [0.4, 0.5) is 5.69 Å². The minimum absolute atomic E-state index is 0.00245. The number of hydrogen-bond acceptors (Lipinski definition) is 5. The predicted molar refractivity (Wildman–Crippen MR) is 102 cm³/mol. The zero-order valence-corrected chi connectivity index (χ0v) is 16.3. The van der Waals surface area contributed by atoms with Gasteiger partial charge in [-0.3, -0.25) is 15.0 Å². The van der Waals surface area contributed by atoms with Gasteiger partial charge in [-0.25, -0.2) is 8.42 Å². The highest BCUT2D eigenvalue weighted by molar-refractivity contribution is 7.89. The highest BCUT2D eigenvalue weighted by Crippen LogP contribution is 2.32. The number of amides is 2. The first-order chi connectivity index (χ1) is 12.8. The van der Waals surface area contributed by atoms with Gasteiger partial charge in [0.1, 0.15) is 0 Å². The van der Waals surface area contributed by atoms with Crippen LogP contribution in [-0.2, 0) is 34.1 Å². The minimum atomic E-state index is -3.93. The van der Waals surface area contributed by atoms with E-state index in [1.165, 1.54) is 33.9 Å². The maximum atomic E-state index is 12.5. The molecule has 0 radical (unpaired) electrons. The molecule has 0 bridgehead atoms. The number of hydrazine groups is 1. The van der Waals surface area contributed by atoms with E-state index in [2.05, 4.69) is 22.5 Å². The number of thiophene rings is 1. The molecule has 1 aromatic carbocycles. The number of nitrogens with one attached hydrogen (secondary N) is 3. The normalized spacial score (nSPS) is 18.6. The lowest BCUT2D eigenvalue weighted by Gasteiger charge is -2.16. The number of carbonyl (C=O) groups excluding carboxylic acids is 2. The number of benzene rings is 1. The van der Waals surface area contributed by atoms with E-state index < -0.39 is 15.9 Å². The van der Waals surface area contributed by atoms with E-state index in [-0.39, 0.29) is 17.2 Å². The van der Waals surface area contributed by atoms with Gasteiger partial charge in [-0.1, -0.05) is 6.92 Å². The Labute approximate surface area is 161 Å². The summed E-state index contributed by atoms with van der Waals surface area (Å²) < 4.78 is 24.9. The molecule has 4 rings (SSSR count). The molecule has 1 aliphatic heterocycles. The van der Waals surface area contributed by atoms with Gasteiger partial charge in [-0.05, 0) is 60.6 Å². The van der Waals surface area contributed by atoms with Gasteiger partial charge in [0.15, 0.2) is 0 Å². The first-order valence-corrected chi connectivity index (χ1v) is 11.0. The lowest BCUT2D eigenvalue weighted by atomic mass is 9.90. The Hall–Kier alpha value is -2.23. The molecule has 7 nitrogen and oxygen atoms in total. The SMILES string of the molecule is C[C@H]1CCc2sc(C(=O)NNS(=O)(=O)c3ccc4c(c3)CC(=O)N4)cc2C1. The number of anilines is 1. The van der Waals surface area contributed by atoms with Crippen LogP contribution in [0.5, 0.6) is 0 Å². The minimum Gasteiger partial charge on any atom is -0.326 e. The first kappa shape index (κ1) is 18.1. The molecule has 3 N–H and O–H groups in total. The second kappa shape index (κ2) is 6.74. The van der Waals surface area contributed by atoms with Crippen LogP contribution in [0, 0.1) is 5.92 Å². The molecule has 0 saturated heterocycles. The molecule has 0 spiro atoms. The van der Waals surface area contributed by atoms with E-state index in [0.29, 0.717) is 22.0 Å². The molecule has 27 heavy (non-hydrogen) atoms. The lowest BCUT2D eigenvalue weighted by molar-refractivity contribution is -0.115. The number of sulfonamides is 1. The van der Waals surface area contributed by atoms with E-state index in [9.17, 15) is 18.0 Å². The zero-order chi connectivity index (χ0) is 19.2. The number of carbonyl (C=O) groups is 2. The summed E-state index contributed by atoms with van der Waals surface area (Å²) >= 11 is 1.42. The third kappa shape index (κ3) is 3.62. The second-order valence-corrected chi connectivity index (χ2v) is 9.83. The fourth-order valence-electron chi connectivity index (χ4n) is 3.42. The third-order valence-electron chi connectivity index (χ3n) is 4.86. The molecule has 1 aromatic heterocycles. The van der Waals surface area contributed by atoms with Crippen LogP contribution in [0.25, 0.3) is 0 Å². The van der Waals surface area contributed by atoms with Crippen LogP contribution in [0.15, 0.2) is 29.2 Å². The average Bonchev–Trinajstić information content (AvgIpc) is 3.20. The van der Waals surface area contributed by atoms with Crippen LogP contribution in [-0.4, -0.2) is 20.2 Å². The van der Waals surface area contributed by atoms with Crippen molar-refractivity contribution in [1.29, 1.82) is 0 Å². The molecular weight excluding hydrogens is 386 g/mol. The van der Waals surface area contributed by atoms with Gasteiger partial charge in [-0.15, -0.1) is 16.2 Å². The predicted octanol–water partition coefficient (Wildman–Crippen LogP) is 1.99. The van der Waals surface area contributed by atoms with Crippen molar-refractivity contribution >= 4 is 38.9 Å². The van der Waals surface area contributed by atoms with E-state index in [1.54, 1.807) is 6.07 Å². The summed E-state index contributed by atoms with van der Waals surface area (Å²) in [5, 5.41) is 2.65. The molecule has 2 aliphatic rings. The van der Waals surface area contributed by atoms with E-state index in [0.717, 1.165) is 19.3 Å². The Morgan fingerprint density at radius 3 is 2.89 bits per heavy atom. The van der Waals surface area contributed by atoms with Gasteiger partial charge in [0.05, 0.1) is 16.2 Å². The second-order valence-electron chi connectivity index (χ2n) is 7.01. The molecular formula is C18H19N3O4S2. The van der Waals surface area contributed by atoms with E-state index in [4.69, 9.17) is 0 Å². The molecule has 142 valence electrons. The Balaban J connectivity index is 1.46. The first-order valence-electron chi connectivity index (χ1n) is 8.68. The third-order valence-corrected chi connectivity index (χ3v) is 7.35. The van der Waals surface area contributed by atoms with Crippen molar-refractivity contribution in [2.45, 2.75) is 37.5 Å². The van der Waals surface area contributed by atoms with Crippen molar-refractivity contribution < 1.29 is 18.0 Å². The molecule has 0 unspecified atom stereocenters. The van der Waals surface area contributed by atoms with Crippen molar-refractivity contribution in [3.63, 3.8) is 0 Å². The molecule has 2 amide bonds. The molecule has 2 heterocycles.